The molecule has 28 heavy (non-hydrogen) atoms. The van der Waals surface area contributed by atoms with Crippen LogP contribution in [0.4, 0.5) is 5.69 Å². The van der Waals surface area contributed by atoms with E-state index in [-0.39, 0.29) is 12.5 Å². The second-order valence-corrected chi connectivity index (χ2v) is 6.57. The smallest absolute Gasteiger partial charge is 0.262 e. The van der Waals surface area contributed by atoms with Crippen molar-refractivity contribution in [1.29, 1.82) is 0 Å². The molecule has 1 atom stereocenters. The predicted molar refractivity (Wildman–Crippen MR) is 109 cm³/mol. The summed E-state index contributed by atoms with van der Waals surface area (Å²) in [5, 5.41) is 9.73. The number of amides is 1. The Labute approximate surface area is 164 Å². The summed E-state index contributed by atoms with van der Waals surface area (Å²) in [6.07, 6.45) is 1.01. The number of para-hydroxylation sites is 1. The molecule has 0 aliphatic carbocycles. The van der Waals surface area contributed by atoms with Gasteiger partial charge in [0.15, 0.2) is 12.4 Å². The second kappa shape index (κ2) is 9.14. The molecular weight excluding hydrogens is 354 g/mol. The Morgan fingerprint density at radius 1 is 1.21 bits per heavy atom. The van der Waals surface area contributed by atoms with Gasteiger partial charge in [-0.05, 0) is 48.2 Å². The van der Waals surface area contributed by atoms with Crippen LogP contribution in [0.2, 0.25) is 0 Å². The Morgan fingerprint density at radius 3 is 2.64 bits per heavy atom. The third-order valence-electron chi connectivity index (χ3n) is 4.57. The molecule has 0 saturated carbocycles. The molecule has 0 radical (unpaired) electrons. The Kier molecular flexibility index (Phi) is 6.39. The number of carbonyl (C=O) groups excluding carboxylic acids is 1. The van der Waals surface area contributed by atoms with E-state index in [4.69, 9.17) is 10.5 Å². The fourth-order valence-electron chi connectivity index (χ4n) is 2.80. The maximum Gasteiger partial charge on any atom is 0.262 e. The zero-order chi connectivity index (χ0) is 19.9. The third kappa shape index (κ3) is 4.75. The molecule has 1 amide bonds. The molecule has 0 aliphatic heterocycles. The highest BCUT2D eigenvalue weighted by Gasteiger charge is 2.11. The highest BCUT2D eigenvalue weighted by atomic mass is 16.5. The normalized spacial score (nSPS) is 11.8. The largest absolute Gasteiger partial charge is 0.483 e. The minimum atomic E-state index is -0.213. The fourth-order valence-corrected chi connectivity index (χ4v) is 2.80. The Balaban J connectivity index is 1.58. The summed E-state index contributed by atoms with van der Waals surface area (Å²) in [7, 11) is 0. The Bertz CT molecular complexity index is 921. The average molecular weight is 379 g/mol. The van der Waals surface area contributed by atoms with Crippen LogP contribution in [0.1, 0.15) is 37.6 Å². The van der Waals surface area contributed by atoms with Crippen LogP contribution in [0.5, 0.6) is 5.75 Å². The van der Waals surface area contributed by atoms with Crippen LogP contribution in [-0.4, -0.2) is 27.7 Å². The van der Waals surface area contributed by atoms with E-state index < -0.39 is 0 Å². The number of ether oxygens (including phenoxy) is 1. The number of carbonyl (C=O) groups is 1. The number of anilines is 1. The number of nitrogens with two attached hydrogens (primary N) is 1. The highest BCUT2D eigenvalue weighted by molar-refractivity contribution is 5.92. The molecule has 4 N–H and O–H groups in total. The summed E-state index contributed by atoms with van der Waals surface area (Å²) in [6.45, 7) is 4.54. The van der Waals surface area contributed by atoms with E-state index in [0.29, 0.717) is 29.8 Å². The van der Waals surface area contributed by atoms with Gasteiger partial charge < -0.3 is 15.8 Å². The van der Waals surface area contributed by atoms with Crippen molar-refractivity contribution in [3.05, 3.63) is 59.9 Å². The lowest BCUT2D eigenvalue weighted by molar-refractivity contribution is -0.118. The van der Waals surface area contributed by atoms with Crippen LogP contribution in [-0.2, 0) is 11.3 Å². The molecule has 0 spiro atoms. The van der Waals surface area contributed by atoms with Gasteiger partial charge in [0.05, 0.1) is 6.54 Å². The molecular formula is C21H25N5O2. The summed E-state index contributed by atoms with van der Waals surface area (Å²) < 4.78 is 5.75. The van der Waals surface area contributed by atoms with E-state index in [1.165, 1.54) is 0 Å². The van der Waals surface area contributed by atoms with Crippen LogP contribution in [0.3, 0.4) is 0 Å². The summed E-state index contributed by atoms with van der Waals surface area (Å²) in [5.41, 5.74) is 8.17. The van der Waals surface area contributed by atoms with Gasteiger partial charge >= 0.3 is 0 Å². The molecule has 1 heterocycles. The van der Waals surface area contributed by atoms with Gasteiger partial charge in [-0.15, -0.1) is 0 Å². The van der Waals surface area contributed by atoms with Crippen molar-refractivity contribution in [3.63, 3.8) is 0 Å². The monoisotopic (exact) mass is 379 g/mol. The second-order valence-electron chi connectivity index (χ2n) is 6.57. The van der Waals surface area contributed by atoms with E-state index in [9.17, 15) is 4.79 Å². The van der Waals surface area contributed by atoms with Crippen molar-refractivity contribution in [3.8, 4) is 17.1 Å². The molecule has 0 aliphatic rings. The summed E-state index contributed by atoms with van der Waals surface area (Å²) in [5.74, 6) is 2.12. The van der Waals surface area contributed by atoms with Gasteiger partial charge in [0.2, 0.25) is 0 Å². The molecule has 3 aromatic rings. The van der Waals surface area contributed by atoms with Crippen LogP contribution in [0, 0.1) is 0 Å². The molecule has 0 fully saturated rings. The number of hydrogen-bond donors (Lipinski definition) is 3. The first kappa shape index (κ1) is 19.6. The fraction of sp³-hybridized carbons (Fsp3) is 0.286. The lowest BCUT2D eigenvalue weighted by atomic mass is 9.98. The molecule has 7 nitrogen and oxygen atoms in total. The number of rotatable bonds is 8. The highest BCUT2D eigenvalue weighted by Crippen LogP contribution is 2.28. The van der Waals surface area contributed by atoms with Crippen molar-refractivity contribution in [1.82, 2.24) is 15.2 Å². The number of benzene rings is 2. The van der Waals surface area contributed by atoms with Gasteiger partial charge in [0, 0.05) is 11.3 Å². The summed E-state index contributed by atoms with van der Waals surface area (Å²) >= 11 is 0. The van der Waals surface area contributed by atoms with Crippen molar-refractivity contribution in [2.75, 3.05) is 11.9 Å². The van der Waals surface area contributed by atoms with Crippen molar-refractivity contribution in [2.24, 2.45) is 5.73 Å². The summed E-state index contributed by atoms with van der Waals surface area (Å²) in [6, 6.07) is 15.1. The first-order valence-corrected chi connectivity index (χ1v) is 9.34. The van der Waals surface area contributed by atoms with Crippen molar-refractivity contribution >= 4 is 11.6 Å². The van der Waals surface area contributed by atoms with Gasteiger partial charge in [-0.1, -0.05) is 32.0 Å². The number of hydrogen-bond acceptors (Lipinski definition) is 5. The zero-order valence-electron chi connectivity index (χ0n) is 16.1. The van der Waals surface area contributed by atoms with E-state index in [1.54, 1.807) is 12.1 Å². The van der Waals surface area contributed by atoms with Gasteiger partial charge in [-0.25, -0.2) is 4.98 Å². The maximum atomic E-state index is 12.3. The van der Waals surface area contributed by atoms with Gasteiger partial charge in [0.1, 0.15) is 11.6 Å². The molecule has 2 aromatic carbocycles. The lowest BCUT2D eigenvalue weighted by Gasteiger charge is -2.15. The Hall–Kier alpha value is -3.19. The number of nitrogens with one attached hydrogen (secondary N) is 2. The Morgan fingerprint density at radius 2 is 1.96 bits per heavy atom. The number of nitrogens with zero attached hydrogens (tertiary/aromatic N) is 2. The first-order chi connectivity index (χ1) is 13.6. The maximum absolute atomic E-state index is 12.3. The van der Waals surface area contributed by atoms with Crippen molar-refractivity contribution < 1.29 is 9.53 Å². The third-order valence-corrected chi connectivity index (χ3v) is 4.57. The first-order valence-electron chi connectivity index (χ1n) is 9.34. The van der Waals surface area contributed by atoms with E-state index >= 15 is 0 Å². The quantitative estimate of drug-likeness (QED) is 0.556. The molecule has 0 saturated heterocycles. The predicted octanol–water partition coefficient (Wildman–Crippen LogP) is 3.46. The number of aromatic amines is 1. The average Bonchev–Trinajstić information content (AvgIpc) is 3.22. The van der Waals surface area contributed by atoms with Crippen LogP contribution < -0.4 is 15.8 Å². The molecule has 3 rings (SSSR count). The minimum absolute atomic E-state index is 0.0457. The van der Waals surface area contributed by atoms with Crippen LogP contribution in [0.15, 0.2) is 48.5 Å². The summed E-state index contributed by atoms with van der Waals surface area (Å²) in [4.78, 5) is 16.5. The van der Waals surface area contributed by atoms with E-state index in [0.717, 1.165) is 23.3 Å². The lowest BCUT2D eigenvalue weighted by Crippen LogP contribution is -2.20. The minimum Gasteiger partial charge on any atom is -0.483 e. The van der Waals surface area contributed by atoms with E-state index in [2.05, 4.69) is 34.3 Å². The number of H-pyrrole nitrogens is 1. The topological polar surface area (TPSA) is 106 Å². The van der Waals surface area contributed by atoms with Crippen LogP contribution in [0.25, 0.3) is 11.4 Å². The van der Waals surface area contributed by atoms with Gasteiger partial charge in [-0.2, -0.15) is 5.10 Å². The van der Waals surface area contributed by atoms with Gasteiger partial charge in [0.25, 0.3) is 5.91 Å². The van der Waals surface area contributed by atoms with E-state index in [1.807, 2.05) is 36.4 Å². The standard InChI is InChI=1S/C21H25N5O2/c1-3-14(2)17-6-4-5-7-18(17)28-13-20(27)23-16-10-8-15(9-11-16)21-24-19(12-22)25-26-21/h4-11,14H,3,12-13,22H2,1-2H3,(H,23,27)(H,24,25,26). The molecule has 7 heteroatoms. The molecule has 1 unspecified atom stereocenters. The number of aromatic nitrogens is 3. The zero-order valence-corrected chi connectivity index (χ0v) is 16.1. The van der Waals surface area contributed by atoms with Crippen LogP contribution >= 0.6 is 0 Å². The van der Waals surface area contributed by atoms with Crippen molar-refractivity contribution in [2.45, 2.75) is 32.7 Å². The molecule has 0 bridgehead atoms. The van der Waals surface area contributed by atoms with Gasteiger partial charge in [-0.3, -0.25) is 9.89 Å². The SMILES string of the molecule is CCC(C)c1ccccc1OCC(=O)Nc1ccc(-c2n[nH]c(CN)n2)cc1. The molecule has 146 valence electrons. The molecule has 1 aromatic heterocycles.